The summed E-state index contributed by atoms with van der Waals surface area (Å²) >= 11 is 1.65. The maximum absolute atomic E-state index is 12.2. The first-order valence-electron chi connectivity index (χ1n) is 8.10. The molecule has 3 aromatic carbocycles. The van der Waals surface area contributed by atoms with Crippen molar-refractivity contribution in [3.63, 3.8) is 0 Å². The van der Waals surface area contributed by atoms with Crippen molar-refractivity contribution in [3.05, 3.63) is 84.4 Å². The predicted molar refractivity (Wildman–Crippen MR) is 105 cm³/mol. The number of anilines is 2. The van der Waals surface area contributed by atoms with Crippen LogP contribution in [0.4, 0.5) is 11.4 Å². The maximum Gasteiger partial charge on any atom is 0.243 e. The third-order valence-corrected chi connectivity index (χ3v) is 4.68. The van der Waals surface area contributed by atoms with E-state index in [1.165, 1.54) is 0 Å². The van der Waals surface area contributed by atoms with Gasteiger partial charge in [0, 0.05) is 21.2 Å². The van der Waals surface area contributed by atoms with E-state index >= 15 is 0 Å². The molecule has 0 aromatic heterocycles. The highest BCUT2D eigenvalue weighted by Gasteiger charge is 2.07. The van der Waals surface area contributed by atoms with E-state index in [9.17, 15) is 4.79 Å². The average molecular weight is 359 g/mol. The quantitative estimate of drug-likeness (QED) is 0.666. The Morgan fingerprint density at radius 2 is 1.62 bits per heavy atom. The van der Waals surface area contributed by atoms with Crippen LogP contribution in [0.15, 0.2) is 88.7 Å². The standard InChI is InChI=1S/C21H17N3OS/c22-14-16-10-12-17(13-11-16)24-21(25)15-23-19-8-4-5-9-20(19)26-18-6-2-1-3-7-18/h1-13,23H,15H2,(H,24,25). The summed E-state index contributed by atoms with van der Waals surface area (Å²) in [4.78, 5) is 14.4. The molecular weight excluding hydrogens is 342 g/mol. The molecular formula is C21H17N3OS. The number of benzene rings is 3. The Labute approximate surface area is 156 Å². The Morgan fingerprint density at radius 3 is 2.35 bits per heavy atom. The zero-order valence-electron chi connectivity index (χ0n) is 14.0. The van der Waals surface area contributed by atoms with Crippen molar-refractivity contribution in [1.82, 2.24) is 0 Å². The van der Waals surface area contributed by atoms with Crippen molar-refractivity contribution >= 4 is 29.0 Å². The molecule has 26 heavy (non-hydrogen) atoms. The number of rotatable bonds is 6. The van der Waals surface area contributed by atoms with Crippen LogP contribution in [-0.2, 0) is 4.79 Å². The molecule has 0 saturated carbocycles. The van der Waals surface area contributed by atoms with E-state index in [2.05, 4.69) is 28.8 Å². The van der Waals surface area contributed by atoms with Crippen LogP contribution in [0.1, 0.15) is 5.56 Å². The van der Waals surface area contributed by atoms with Gasteiger partial charge in [-0.25, -0.2) is 0 Å². The summed E-state index contributed by atoms with van der Waals surface area (Å²) in [6.07, 6.45) is 0. The molecule has 0 saturated heterocycles. The van der Waals surface area contributed by atoms with Gasteiger partial charge >= 0.3 is 0 Å². The summed E-state index contributed by atoms with van der Waals surface area (Å²) in [5, 5.41) is 14.8. The Morgan fingerprint density at radius 1 is 0.923 bits per heavy atom. The molecule has 128 valence electrons. The molecule has 1 amide bonds. The van der Waals surface area contributed by atoms with E-state index in [1.807, 2.05) is 42.5 Å². The number of nitrogens with zero attached hydrogens (tertiary/aromatic N) is 1. The molecule has 4 nitrogen and oxygen atoms in total. The zero-order chi connectivity index (χ0) is 18.2. The molecule has 0 unspecified atom stereocenters. The van der Waals surface area contributed by atoms with Crippen LogP contribution in [0.2, 0.25) is 0 Å². The molecule has 0 radical (unpaired) electrons. The first-order valence-corrected chi connectivity index (χ1v) is 8.92. The number of nitriles is 1. The number of nitrogens with one attached hydrogen (secondary N) is 2. The first-order chi connectivity index (χ1) is 12.7. The van der Waals surface area contributed by atoms with Gasteiger partial charge in [0.25, 0.3) is 0 Å². The van der Waals surface area contributed by atoms with Crippen molar-refractivity contribution in [2.45, 2.75) is 9.79 Å². The van der Waals surface area contributed by atoms with Gasteiger partial charge in [-0.3, -0.25) is 4.79 Å². The van der Waals surface area contributed by atoms with E-state index in [4.69, 9.17) is 5.26 Å². The average Bonchev–Trinajstić information content (AvgIpc) is 2.69. The summed E-state index contributed by atoms with van der Waals surface area (Å²) in [7, 11) is 0. The van der Waals surface area contributed by atoms with E-state index in [0.717, 1.165) is 15.5 Å². The minimum Gasteiger partial charge on any atom is -0.375 e. The highest BCUT2D eigenvalue weighted by Crippen LogP contribution is 2.33. The summed E-state index contributed by atoms with van der Waals surface area (Å²) < 4.78 is 0. The van der Waals surface area contributed by atoms with Gasteiger partial charge < -0.3 is 10.6 Å². The molecule has 0 fully saturated rings. The summed E-state index contributed by atoms with van der Waals surface area (Å²) in [5.41, 5.74) is 2.15. The topological polar surface area (TPSA) is 64.9 Å². The van der Waals surface area contributed by atoms with Gasteiger partial charge in [0.2, 0.25) is 5.91 Å². The van der Waals surface area contributed by atoms with Crippen LogP contribution in [0.5, 0.6) is 0 Å². The molecule has 0 atom stereocenters. The molecule has 5 heteroatoms. The highest BCUT2D eigenvalue weighted by molar-refractivity contribution is 7.99. The molecule has 0 spiro atoms. The van der Waals surface area contributed by atoms with E-state index in [-0.39, 0.29) is 12.5 Å². The van der Waals surface area contributed by atoms with Gasteiger partial charge in [-0.2, -0.15) is 5.26 Å². The Hall–Kier alpha value is -3.23. The van der Waals surface area contributed by atoms with E-state index < -0.39 is 0 Å². The molecule has 3 aromatic rings. The third kappa shape index (κ3) is 4.88. The zero-order valence-corrected chi connectivity index (χ0v) is 14.8. The number of amides is 1. The smallest absolute Gasteiger partial charge is 0.243 e. The lowest BCUT2D eigenvalue weighted by Gasteiger charge is -2.12. The number of carbonyl (C=O) groups excluding carboxylic acids is 1. The van der Waals surface area contributed by atoms with Crippen LogP contribution < -0.4 is 10.6 Å². The molecule has 3 rings (SSSR count). The van der Waals surface area contributed by atoms with Crippen molar-refractivity contribution in [2.75, 3.05) is 17.2 Å². The normalized spacial score (nSPS) is 9.96. The first kappa shape index (κ1) is 17.6. The minimum atomic E-state index is -0.144. The second-order valence-corrected chi connectivity index (χ2v) is 6.62. The van der Waals surface area contributed by atoms with Crippen LogP contribution in [-0.4, -0.2) is 12.5 Å². The minimum absolute atomic E-state index is 0.144. The Bertz CT molecular complexity index is 918. The lowest BCUT2D eigenvalue weighted by Crippen LogP contribution is -2.21. The fraction of sp³-hybridized carbons (Fsp3) is 0.0476. The second-order valence-electron chi connectivity index (χ2n) is 5.50. The lowest BCUT2D eigenvalue weighted by molar-refractivity contribution is -0.114. The van der Waals surface area contributed by atoms with Gasteiger partial charge in [0.05, 0.1) is 18.2 Å². The van der Waals surface area contributed by atoms with Crippen LogP contribution in [0, 0.1) is 11.3 Å². The van der Waals surface area contributed by atoms with Crippen molar-refractivity contribution in [3.8, 4) is 6.07 Å². The van der Waals surface area contributed by atoms with Gasteiger partial charge in [-0.05, 0) is 48.5 Å². The number of hydrogen-bond donors (Lipinski definition) is 2. The summed E-state index contributed by atoms with van der Waals surface area (Å²) in [6.45, 7) is 0.159. The van der Waals surface area contributed by atoms with E-state index in [1.54, 1.807) is 36.0 Å². The van der Waals surface area contributed by atoms with Crippen molar-refractivity contribution < 1.29 is 4.79 Å². The summed E-state index contributed by atoms with van der Waals surface area (Å²) in [6, 6.07) is 26.8. The Kier molecular flexibility index (Phi) is 5.92. The molecule has 0 bridgehead atoms. The van der Waals surface area contributed by atoms with Gasteiger partial charge in [0.1, 0.15) is 0 Å². The van der Waals surface area contributed by atoms with Crippen molar-refractivity contribution in [2.24, 2.45) is 0 Å². The fourth-order valence-electron chi connectivity index (χ4n) is 2.33. The second kappa shape index (κ2) is 8.75. The Balaban J connectivity index is 1.60. The SMILES string of the molecule is N#Cc1ccc(NC(=O)CNc2ccccc2Sc2ccccc2)cc1. The van der Waals surface area contributed by atoms with Gasteiger partial charge in [0.15, 0.2) is 0 Å². The van der Waals surface area contributed by atoms with Gasteiger partial charge in [-0.1, -0.05) is 42.1 Å². The molecule has 0 aliphatic heterocycles. The van der Waals surface area contributed by atoms with Gasteiger partial charge in [-0.15, -0.1) is 0 Å². The number of para-hydroxylation sites is 1. The largest absolute Gasteiger partial charge is 0.375 e. The van der Waals surface area contributed by atoms with E-state index in [0.29, 0.717) is 11.3 Å². The third-order valence-electron chi connectivity index (χ3n) is 3.60. The monoisotopic (exact) mass is 359 g/mol. The molecule has 2 N–H and O–H groups in total. The van der Waals surface area contributed by atoms with Crippen LogP contribution >= 0.6 is 11.8 Å². The molecule has 0 aliphatic rings. The summed E-state index contributed by atoms with van der Waals surface area (Å²) in [5.74, 6) is -0.144. The van der Waals surface area contributed by atoms with Crippen LogP contribution in [0.25, 0.3) is 0 Å². The van der Waals surface area contributed by atoms with Crippen LogP contribution in [0.3, 0.4) is 0 Å². The maximum atomic E-state index is 12.2. The number of carbonyl (C=O) groups is 1. The molecule has 0 aliphatic carbocycles. The highest BCUT2D eigenvalue weighted by atomic mass is 32.2. The fourth-order valence-corrected chi connectivity index (χ4v) is 3.27. The lowest BCUT2D eigenvalue weighted by atomic mass is 10.2. The number of hydrogen-bond acceptors (Lipinski definition) is 4. The molecule has 0 heterocycles. The predicted octanol–water partition coefficient (Wildman–Crippen LogP) is 4.76. The van der Waals surface area contributed by atoms with Crippen molar-refractivity contribution in [1.29, 1.82) is 5.26 Å².